The third-order valence-corrected chi connectivity index (χ3v) is 1.40. The van der Waals surface area contributed by atoms with Crippen LogP contribution in [0.25, 0.3) is 0 Å². The molecule has 1 unspecified atom stereocenters. The van der Waals surface area contributed by atoms with Gasteiger partial charge in [0.15, 0.2) is 0 Å². The molecule has 0 aromatic heterocycles. The molecule has 0 spiro atoms. The van der Waals surface area contributed by atoms with E-state index in [4.69, 9.17) is 10.8 Å². The molecule has 3 heteroatoms. The fraction of sp³-hybridized carbons (Fsp3) is 1.00. The minimum Gasteiger partial charge on any atom is -0.394 e. The Bertz CT molecular complexity index is 91.6. The normalized spacial score (nSPS) is 17.4. The second-order valence-corrected chi connectivity index (χ2v) is 3.25. The van der Waals surface area contributed by atoms with Crippen LogP contribution >= 0.6 is 0 Å². The van der Waals surface area contributed by atoms with Crippen molar-refractivity contribution in [1.29, 1.82) is 0 Å². The molecule has 2 nitrogen and oxygen atoms in total. The highest BCUT2D eigenvalue weighted by Crippen LogP contribution is 2.13. The molecule has 0 aliphatic rings. The second-order valence-electron chi connectivity index (χ2n) is 3.25. The Kier molecular flexibility index (Phi) is 3.83. The SMILES string of the molecule is CC(C)CC(N)(CO)CF. The number of hydrogen-bond donors (Lipinski definition) is 2. The molecule has 0 rings (SSSR count). The fourth-order valence-corrected chi connectivity index (χ4v) is 0.974. The third-order valence-electron chi connectivity index (χ3n) is 1.40. The van der Waals surface area contributed by atoms with Crippen molar-refractivity contribution in [2.75, 3.05) is 13.3 Å². The van der Waals surface area contributed by atoms with Crippen molar-refractivity contribution in [2.45, 2.75) is 25.8 Å². The Morgan fingerprint density at radius 2 is 2.10 bits per heavy atom. The molecule has 0 radical (unpaired) electrons. The molecule has 1 atom stereocenters. The highest BCUT2D eigenvalue weighted by Gasteiger charge is 2.24. The van der Waals surface area contributed by atoms with E-state index in [2.05, 4.69) is 0 Å². The Labute approximate surface area is 61.2 Å². The lowest BCUT2D eigenvalue weighted by molar-refractivity contribution is 0.145. The number of nitrogens with two attached hydrogens (primary N) is 1. The molecule has 0 aromatic carbocycles. The van der Waals surface area contributed by atoms with Gasteiger partial charge in [-0.2, -0.15) is 0 Å². The van der Waals surface area contributed by atoms with E-state index in [1.165, 1.54) is 0 Å². The number of alkyl halides is 1. The van der Waals surface area contributed by atoms with Gasteiger partial charge in [-0.15, -0.1) is 0 Å². The molecule has 0 heterocycles. The molecule has 0 aromatic rings. The largest absolute Gasteiger partial charge is 0.394 e. The Hall–Kier alpha value is -0.150. The summed E-state index contributed by atoms with van der Waals surface area (Å²) >= 11 is 0. The quantitative estimate of drug-likeness (QED) is 0.617. The average molecular weight is 149 g/mol. The first-order chi connectivity index (χ1) is 4.54. The van der Waals surface area contributed by atoms with Gasteiger partial charge in [0.1, 0.15) is 6.67 Å². The van der Waals surface area contributed by atoms with Crippen molar-refractivity contribution in [1.82, 2.24) is 0 Å². The zero-order valence-electron chi connectivity index (χ0n) is 6.60. The van der Waals surface area contributed by atoms with Crippen molar-refractivity contribution in [3.8, 4) is 0 Å². The van der Waals surface area contributed by atoms with Gasteiger partial charge in [-0.25, -0.2) is 4.39 Å². The molecular formula is C7H16FNO. The van der Waals surface area contributed by atoms with Gasteiger partial charge in [0.2, 0.25) is 0 Å². The maximum absolute atomic E-state index is 12.1. The van der Waals surface area contributed by atoms with E-state index in [1.807, 2.05) is 13.8 Å². The van der Waals surface area contributed by atoms with Crippen LogP contribution in [0.3, 0.4) is 0 Å². The molecule has 0 fully saturated rings. The van der Waals surface area contributed by atoms with Crippen molar-refractivity contribution in [3.63, 3.8) is 0 Å². The molecule has 62 valence electrons. The van der Waals surface area contributed by atoms with Crippen molar-refractivity contribution in [3.05, 3.63) is 0 Å². The zero-order chi connectivity index (χ0) is 8.20. The van der Waals surface area contributed by atoms with E-state index >= 15 is 0 Å². The van der Waals surface area contributed by atoms with Crippen LogP contribution in [0.4, 0.5) is 4.39 Å². The first-order valence-electron chi connectivity index (χ1n) is 3.50. The van der Waals surface area contributed by atoms with Crippen LogP contribution < -0.4 is 5.73 Å². The summed E-state index contributed by atoms with van der Waals surface area (Å²) in [7, 11) is 0. The maximum atomic E-state index is 12.1. The number of hydrogen-bond acceptors (Lipinski definition) is 2. The molecule has 10 heavy (non-hydrogen) atoms. The van der Waals surface area contributed by atoms with Crippen LogP contribution in [0.15, 0.2) is 0 Å². The molecule has 0 saturated carbocycles. The van der Waals surface area contributed by atoms with Gasteiger partial charge < -0.3 is 10.8 Å². The first kappa shape index (κ1) is 9.85. The third kappa shape index (κ3) is 3.13. The van der Waals surface area contributed by atoms with Crippen molar-refractivity contribution < 1.29 is 9.50 Å². The lowest BCUT2D eigenvalue weighted by Gasteiger charge is -2.25. The van der Waals surface area contributed by atoms with Gasteiger partial charge >= 0.3 is 0 Å². The number of aliphatic hydroxyl groups is 1. The summed E-state index contributed by atoms with van der Waals surface area (Å²) < 4.78 is 12.1. The highest BCUT2D eigenvalue weighted by molar-refractivity contribution is 4.83. The Balaban J connectivity index is 3.80. The molecule has 0 aliphatic carbocycles. The predicted molar refractivity (Wildman–Crippen MR) is 39.4 cm³/mol. The lowest BCUT2D eigenvalue weighted by Crippen LogP contribution is -2.47. The lowest BCUT2D eigenvalue weighted by atomic mass is 9.92. The molecule has 0 aliphatic heterocycles. The molecule has 0 saturated heterocycles. The molecule has 0 amide bonds. The summed E-state index contributed by atoms with van der Waals surface area (Å²) in [6.07, 6.45) is 0.528. The monoisotopic (exact) mass is 149 g/mol. The number of aliphatic hydroxyl groups excluding tert-OH is 1. The van der Waals surface area contributed by atoms with Crippen LogP contribution in [-0.2, 0) is 0 Å². The van der Waals surface area contributed by atoms with Gasteiger partial charge in [0.25, 0.3) is 0 Å². The predicted octanol–water partition coefficient (Wildman–Crippen LogP) is 0.692. The van der Waals surface area contributed by atoms with Gasteiger partial charge in [0, 0.05) is 0 Å². The van der Waals surface area contributed by atoms with Crippen LogP contribution in [0.5, 0.6) is 0 Å². The summed E-state index contributed by atoms with van der Waals surface area (Å²) in [5.41, 5.74) is 4.47. The topological polar surface area (TPSA) is 46.2 Å². The second kappa shape index (κ2) is 3.88. The minimum atomic E-state index is -1.01. The van der Waals surface area contributed by atoms with E-state index < -0.39 is 12.2 Å². The average Bonchev–Trinajstić information content (AvgIpc) is 1.87. The van der Waals surface area contributed by atoms with Gasteiger partial charge in [-0.3, -0.25) is 0 Å². The number of rotatable bonds is 4. The zero-order valence-corrected chi connectivity index (χ0v) is 6.60. The van der Waals surface area contributed by atoms with Crippen LogP contribution in [-0.4, -0.2) is 23.9 Å². The van der Waals surface area contributed by atoms with Crippen LogP contribution in [0, 0.1) is 5.92 Å². The standard InChI is InChI=1S/C7H16FNO/c1-6(2)3-7(9,4-8)5-10/h6,10H,3-5,9H2,1-2H3. The van der Waals surface area contributed by atoms with Gasteiger partial charge in [-0.05, 0) is 12.3 Å². The highest BCUT2D eigenvalue weighted by atomic mass is 19.1. The Morgan fingerprint density at radius 1 is 1.60 bits per heavy atom. The molecule has 0 bridgehead atoms. The maximum Gasteiger partial charge on any atom is 0.110 e. The van der Waals surface area contributed by atoms with Crippen molar-refractivity contribution in [2.24, 2.45) is 11.7 Å². The summed E-state index contributed by atoms with van der Waals surface area (Å²) in [6.45, 7) is 2.98. The van der Waals surface area contributed by atoms with Gasteiger partial charge in [-0.1, -0.05) is 13.8 Å². The fourth-order valence-electron chi connectivity index (χ4n) is 0.974. The summed E-state index contributed by atoms with van der Waals surface area (Å²) in [6, 6.07) is 0. The van der Waals surface area contributed by atoms with Crippen molar-refractivity contribution >= 4 is 0 Å². The molecular weight excluding hydrogens is 133 g/mol. The summed E-state index contributed by atoms with van der Waals surface area (Å²) in [5, 5.41) is 8.67. The van der Waals surface area contributed by atoms with E-state index in [1.54, 1.807) is 0 Å². The minimum absolute atomic E-state index is 0.276. The smallest absolute Gasteiger partial charge is 0.110 e. The van der Waals surface area contributed by atoms with E-state index in [0.717, 1.165) is 0 Å². The molecule has 3 N–H and O–H groups in total. The van der Waals surface area contributed by atoms with E-state index in [-0.39, 0.29) is 6.61 Å². The van der Waals surface area contributed by atoms with Gasteiger partial charge in [0.05, 0.1) is 12.1 Å². The summed E-state index contributed by atoms with van der Waals surface area (Å²) in [4.78, 5) is 0. The van der Waals surface area contributed by atoms with Crippen LogP contribution in [0.2, 0.25) is 0 Å². The van der Waals surface area contributed by atoms with Crippen LogP contribution in [0.1, 0.15) is 20.3 Å². The Morgan fingerprint density at radius 3 is 2.20 bits per heavy atom. The summed E-state index contributed by atoms with van der Waals surface area (Å²) in [5.74, 6) is 0.327. The number of halogens is 1. The van der Waals surface area contributed by atoms with E-state index in [0.29, 0.717) is 12.3 Å². The first-order valence-corrected chi connectivity index (χ1v) is 3.50. The van der Waals surface area contributed by atoms with E-state index in [9.17, 15) is 4.39 Å².